The first kappa shape index (κ1) is 14.3. The van der Waals surface area contributed by atoms with Gasteiger partial charge in [-0.05, 0) is 52.1 Å². The molecule has 100 valence electrons. The standard InChI is InChI=1S/C13H27N3O/c1-4-7-15-13(17)16(11(2)3)10-12-6-5-8-14-9-12/h11-12,14H,4-10H2,1-3H3,(H,15,17). The second-order valence-corrected chi connectivity index (χ2v) is 5.19. The highest BCUT2D eigenvalue weighted by atomic mass is 16.2. The highest BCUT2D eigenvalue weighted by Crippen LogP contribution is 2.13. The number of rotatable bonds is 5. The van der Waals surface area contributed by atoms with Gasteiger partial charge in [0.1, 0.15) is 0 Å². The van der Waals surface area contributed by atoms with E-state index in [1.165, 1.54) is 12.8 Å². The van der Waals surface area contributed by atoms with Crippen molar-refractivity contribution in [1.82, 2.24) is 15.5 Å². The lowest BCUT2D eigenvalue weighted by atomic mass is 9.99. The van der Waals surface area contributed by atoms with Gasteiger partial charge in [-0.3, -0.25) is 0 Å². The van der Waals surface area contributed by atoms with Crippen LogP contribution in [0.3, 0.4) is 0 Å². The van der Waals surface area contributed by atoms with Crippen molar-refractivity contribution >= 4 is 6.03 Å². The van der Waals surface area contributed by atoms with Crippen LogP contribution in [0.25, 0.3) is 0 Å². The lowest BCUT2D eigenvalue weighted by Crippen LogP contribution is -2.48. The number of urea groups is 1. The number of nitrogens with zero attached hydrogens (tertiary/aromatic N) is 1. The predicted octanol–water partition coefficient (Wildman–Crippen LogP) is 1.82. The van der Waals surface area contributed by atoms with Crippen LogP contribution in [0.15, 0.2) is 0 Å². The largest absolute Gasteiger partial charge is 0.338 e. The Kier molecular flexibility index (Phi) is 6.34. The van der Waals surface area contributed by atoms with Crippen LogP contribution in [0.2, 0.25) is 0 Å². The van der Waals surface area contributed by atoms with Crippen molar-refractivity contribution < 1.29 is 4.79 Å². The molecule has 1 heterocycles. The van der Waals surface area contributed by atoms with Gasteiger partial charge in [-0.1, -0.05) is 6.92 Å². The number of carbonyl (C=O) groups is 1. The van der Waals surface area contributed by atoms with E-state index in [4.69, 9.17) is 0 Å². The molecule has 0 spiro atoms. The molecule has 0 aromatic carbocycles. The summed E-state index contributed by atoms with van der Waals surface area (Å²) in [6, 6.07) is 0.362. The van der Waals surface area contributed by atoms with Crippen molar-refractivity contribution in [2.75, 3.05) is 26.2 Å². The summed E-state index contributed by atoms with van der Waals surface area (Å²) in [5.41, 5.74) is 0. The van der Waals surface area contributed by atoms with Crippen LogP contribution in [-0.4, -0.2) is 43.2 Å². The van der Waals surface area contributed by atoms with Crippen molar-refractivity contribution in [3.05, 3.63) is 0 Å². The fourth-order valence-electron chi connectivity index (χ4n) is 2.22. The van der Waals surface area contributed by atoms with Crippen molar-refractivity contribution in [3.8, 4) is 0 Å². The summed E-state index contributed by atoms with van der Waals surface area (Å²) in [6.07, 6.45) is 3.45. The van der Waals surface area contributed by atoms with Crippen LogP contribution >= 0.6 is 0 Å². The second-order valence-electron chi connectivity index (χ2n) is 5.19. The van der Waals surface area contributed by atoms with Crippen molar-refractivity contribution in [2.45, 2.75) is 46.1 Å². The van der Waals surface area contributed by atoms with E-state index in [-0.39, 0.29) is 12.1 Å². The van der Waals surface area contributed by atoms with Crippen LogP contribution in [0.5, 0.6) is 0 Å². The van der Waals surface area contributed by atoms with Crippen LogP contribution in [-0.2, 0) is 0 Å². The van der Waals surface area contributed by atoms with E-state index < -0.39 is 0 Å². The minimum atomic E-state index is 0.0902. The Bertz CT molecular complexity index is 225. The van der Waals surface area contributed by atoms with Crippen molar-refractivity contribution in [1.29, 1.82) is 0 Å². The quantitative estimate of drug-likeness (QED) is 0.771. The van der Waals surface area contributed by atoms with Gasteiger partial charge < -0.3 is 15.5 Å². The SMILES string of the molecule is CCCNC(=O)N(CC1CCCNC1)C(C)C. The predicted molar refractivity (Wildman–Crippen MR) is 71.1 cm³/mol. The van der Waals surface area contributed by atoms with Gasteiger partial charge in [0, 0.05) is 19.1 Å². The molecule has 0 saturated carbocycles. The maximum atomic E-state index is 12.0. The Hall–Kier alpha value is -0.770. The molecule has 1 fully saturated rings. The molecule has 0 aromatic rings. The molecule has 4 nitrogen and oxygen atoms in total. The van der Waals surface area contributed by atoms with Crippen LogP contribution in [0.1, 0.15) is 40.0 Å². The number of piperidine rings is 1. The zero-order valence-electron chi connectivity index (χ0n) is 11.5. The van der Waals surface area contributed by atoms with E-state index >= 15 is 0 Å². The molecule has 2 N–H and O–H groups in total. The first-order valence-corrected chi connectivity index (χ1v) is 6.90. The van der Waals surface area contributed by atoms with E-state index in [0.29, 0.717) is 5.92 Å². The van der Waals surface area contributed by atoms with E-state index in [0.717, 1.165) is 32.6 Å². The summed E-state index contributed by atoms with van der Waals surface area (Å²) in [7, 11) is 0. The van der Waals surface area contributed by atoms with Gasteiger partial charge in [0.15, 0.2) is 0 Å². The maximum absolute atomic E-state index is 12.0. The Morgan fingerprint density at radius 1 is 1.53 bits per heavy atom. The molecule has 2 amide bonds. The third kappa shape index (κ3) is 4.94. The molecule has 0 radical (unpaired) electrons. The van der Waals surface area contributed by atoms with Gasteiger partial charge in [0.05, 0.1) is 0 Å². The molecular formula is C13H27N3O. The molecular weight excluding hydrogens is 214 g/mol. The fourth-order valence-corrected chi connectivity index (χ4v) is 2.22. The summed E-state index contributed by atoms with van der Waals surface area (Å²) in [5.74, 6) is 0.610. The van der Waals surface area contributed by atoms with E-state index in [1.54, 1.807) is 0 Å². The molecule has 1 rings (SSSR count). The zero-order chi connectivity index (χ0) is 12.7. The van der Waals surface area contributed by atoms with Gasteiger partial charge in [-0.2, -0.15) is 0 Å². The number of amides is 2. The Morgan fingerprint density at radius 3 is 2.82 bits per heavy atom. The number of hydrogen-bond acceptors (Lipinski definition) is 2. The van der Waals surface area contributed by atoms with Crippen molar-refractivity contribution in [2.24, 2.45) is 5.92 Å². The average Bonchev–Trinajstić information content (AvgIpc) is 2.34. The minimum Gasteiger partial charge on any atom is -0.338 e. The zero-order valence-corrected chi connectivity index (χ0v) is 11.5. The smallest absolute Gasteiger partial charge is 0.317 e. The van der Waals surface area contributed by atoms with Gasteiger partial charge >= 0.3 is 6.03 Å². The molecule has 17 heavy (non-hydrogen) atoms. The summed E-state index contributed by atoms with van der Waals surface area (Å²) in [4.78, 5) is 14.0. The van der Waals surface area contributed by atoms with Crippen LogP contribution in [0, 0.1) is 5.92 Å². The average molecular weight is 241 g/mol. The van der Waals surface area contributed by atoms with Gasteiger partial charge in [0.25, 0.3) is 0 Å². The molecule has 1 aliphatic heterocycles. The molecule has 0 aliphatic carbocycles. The Morgan fingerprint density at radius 2 is 2.29 bits per heavy atom. The molecule has 1 aliphatic rings. The molecule has 0 bridgehead atoms. The van der Waals surface area contributed by atoms with Gasteiger partial charge in [-0.25, -0.2) is 4.79 Å². The lowest BCUT2D eigenvalue weighted by molar-refractivity contribution is 0.164. The van der Waals surface area contributed by atoms with Gasteiger partial charge in [-0.15, -0.1) is 0 Å². The lowest BCUT2D eigenvalue weighted by Gasteiger charge is -2.32. The third-order valence-corrected chi connectivity index (χ3v) is 3.26. The topological polar surface area (TPSA) is 44.4 Å². The molecule has 4 heteroatoms. The molecule has 1 saturated heterocycles. The first-order chi connectivity index (χ1) is 8.15. The monoisotopic (exact) mass is 241 g/mol. The van der Waals surface area contributed by atoms with Crippen molar-refractivity contribution in [3.63, 3.8) is 0 Å². The third-order valence-electron chi connectivity index (χ3n) is 3.26. The normalized spacial score (nSPS) is 20.4. The number of nitrogens with one attached hydrogen (secondary N) is 2. The van der Waals surface area contributed by atoms with E-state index in [1.807, 2.05) is 4.90 Å². The van der Waals surface area contributed by atoms with Crippen LogP contribution in [0.4, 0.5) is 4.79 Å². The van der Waals surface area contributed by atoms with Gasteiger partial charge in [0.2, 0.25) is 0 Å². The van der Waals surface area contributed by atoms with E-state index in [9.17, 15) is 4.79 Å². The minimum absolute atomic E-state index is 0.0902. The van der Waals surface area contributed by atoms with Crippen LogP contribution < -0.4 is 10.6 Å². The first-order valence-electron chi connectivity index (χ1n) is 6.90. The summed E-state index contributed by atoms with van der Waals surface area (Å²) < 4.78 is 0. The number of hydrogen-bond donors (Lipinski definition) is 2. The summed E-state index contributed by atoms with van der Waals surface area (Å²) in [5, 5.41) is 6.37. The van der Waals surface area contributed by atoms with E-state index in [2.05, 4.69) is 31.4 Å². The highest BCUT2D eigenvalue weighted by molar-refractivity contribution is 5.74. The number of carbonyl (C=O) groups excluding carboxylic acids is 1. The molecule has 1 atom stereocenters. The summed E-state index contributed by atoms with van der Waals surface area (Å²) >= 11 is 0. The molecule has 1 unspecified atom stereocenters. The fraction of sp³-hybridized carbons (Fsp3) is 0.923. The molecule has 0 aromatic heterocycles. The summed E-state index contributed by atoms with van der Waals surface area (Å²) in [6.45, 7) is 10.1. The Labute approximate surface area is 105 Å². The second kappa shape index (κ2) is 7.54. The Balaban J connectivity index is 2.43. The maximum Gasteiger partial charge on any atom is 0.317 e. The highest BCUT2D eigenvalue weighted by Gasteiger charge is 2.22.